The minimum Gasteiger partial charge on any atom is -0.469 e. The van der Waals surface area contributed by atoms with E-state index < -0.39 is 0 Å². The van der Waals surface area contributed by atoms with E-state index in [2.05, 4.69) is 4.98 Å². The minimum atomic E-state index is -0.320. The highest BCUT2D eigenvalue weighted by molar-refractivity contribution is 8.00. The largest absolute Gasteiger partial charge is 0.469 e. The number of thiazole rings is 1. The van der Waals surface area contributed by atoms with Crippen molar-refractivity contribution in [3.05, 3.63) is 68.0 Å². The van der Waals surface area contributed by atoms with Crippen molar-refractivity contribution in [1.82, 2.24) is 4.98 Å². The van der Waals surface area contributed by atoms with Crippen LogP contribution in [0.2, 0.25) is 5.02 Å². The Bertz CT molecular complexity index is 1310. The lowest BCUT2D eigenvalue weighted by Gasteiger charge is -2.42. The van der Waals surface area contributed by atoms with E-state index in [1.165, 1.54) is 16.2 Å². The molecule has 4 aliphatic rings. The van der Waals surface area contributed by atoms with Gasteiger partial charge in [0.15, 0.2) is 0 Å². The number of hydrogen-bond acceptors (Lipinski definition) is 6. The average molecular weight is 485 g/mol. The van der Waals surface area contributed by atoms with E-state index in [9.17, 15) is 14.4 Å². The first-order valence-corrected chi connectivity index (χ1v) is 12.7. The van der Waals surface area contributed by atoms with Crippen LogP contribution in [0.3, 0.4) is 0 Å². The first kappa shape index (κ1) is 19.2. The first-order chi connectivity index (χ1) is 15.5. The highest BCUT2D eigenvalue weighted by Gasteiger charge is 2.70. The number of anilines is 1. The Kier molecular flexibility index (Phi) is 3.97. The van der Waals surface area contributed by atoms with Crippen LogP contribution in [0, 0.1) is 29.6 Å². The third kappa shape index (κ3) is 2.40. The van der Waals surface area contributed by atoms with E-state index in [4.69, 9.17) is 16.0 Å². The van der Waals surface area contributed by atoms with Gasteiger partial charge in [-0.25, -0.2) is 0 Å². The van der Waals surface area contributed by atoms with Crippen LogP contribution in [0.15, 0.2) is 56.9 Å². The van der Waals surface area contributed by atoms with Crippen LogP contribution in [0.4, 0.5) is 5.69 Å². The van der Waals surface area contributed by atoms with Gasteiger partial charge in [-0.2, -0.15) is 0 Å². The highest BCUT2D eigenvalue weighted by Crippen LogP contribution is 2.68. The van der Waals surface area contributed by atoms with Gasteiger partial charge in [0.05, 0.1) is 39.6 Å². The fraction of sp³-hybridized carbons (Fsp3) is 0.348. The molecule has 0 unspecified atom stereocenters. The number of fused-ring (bicyclic) bond motifs is 9. The quantitative estimate of drug-likeness (QED) is 0.546. The summed E-state index contributed by atoms with van der Waals surface area (Å²) in [6.45, 7) is 0. The molecule has 3 aromatic rings. The smallest absolute Gasteiger partial charge is 0.305 e. The number of thioether (sulfide) groups is 1. The molecule has 32 heavy (non-hydrogen) atoms. The maximum atomic E-state index is 13.6. The third-order valence-corrected chi connectivity index (χ3v) is 10.5. The Morgan fingerprint density at radius 1 is 1.03 bits per heavy atom. The fourth-order valence-corrected chi connectivity index (χ4v) is 9.64. The summed E-state index contributed by atoms with van der Waals surface area (Å²) in [5, 5.41) is 1.62. The number of benzene rings is 1. The molecule has 2 aromatic heterocycles. The number of amides is 2. The zero-order chi connectivity index (χ0) is 21.7. The summed E-state index contributed by atoms with van der Waals surface area (Å²) in [7, 11) is 0. The molecular formula is C23H17ClN2O4S2. The van der Waals surface area contributed by atoms with E-state index in [0.29, 0.717) is 10.7 Å². The lowest BCUT2D eigenvalue weighted by Crippen LogP contribution is -2.42. The van der Waals surface area contributed by atoms with Crippen LogP contribution in [-0.2, 0) is 9.59 Å². The summed E-state index contributed by atoms with van der Waals surface area (Å²) < 4.78 is 5.82. The highest BCUT2D eigenvalue weighted by atomic mass is 35.5. The summed E-state index contributed by atoms with van der Waals surface area (Å²) in [6.07, 6.45) is 2.52. The molecule has 2 aliphatic heterocycles. The number of nitrogens with zero attached hydrogens (tertiary/aromatic N) is 1. The molecule has 7 rings (SSSR count). The molecule has 2 bridgehead atoms. The van der Waals surface area contributed by atoms with Gasteiger partial charge in [-0.15, -0.1) is 11.8 Å². The molecule has 2 amide bonds. The number of furan rings is 1. The summed E-state index contributed by atoms with van der Waals surface area (Å²) in [4.78, 5) is 44.5. The minimum absolute atomic E-state index is 0.0707. The summed E-state index contributed by atoms with van der Waals surface area (Å²) in [5.74, 6) is 0.252. The Hall–Kier alpha value is -2.29. The lowest BCUT2D eigenvalue weighted by atomic mass is 9.69. The number of H-pyrrole nitrogens is 1. The second-order valence-electron chi connectivity index (χ2n) is 8.96. The molecule has 9 heteroatoms. The van der Waals surface area contributed by atoms with E-state index in [0.717, 1.165) is 22.1 Å². The molecule has 0 radical (unpaired) electrons. The summed E-state index contributed by atoms with van der Waals surface area (Å²) >= 11 is 8.92. The molecule has 162 valence electrons. The van der Waals surface area contributed by atoms with Gasteiger partial charge in [-0.3, -0.25) is 19.3 Å². The SMILES string of the molecule is O=C1[C@@H]2[C@@H]3C[C@@H]([C@H]2C(=O)N1c1ccc(Cl)cc1)[C@H]1[C@@H](c2ccco2)c2sc(=O)[nH]c2S[C@H]31. The van der Waals surface area contributed by atoms with Gasteiger partial charge in [0.2, 0.25) is 11.8 Å². The lowest BCUT2D eigenvalue weighted by molar-refractivity contribution is -0.123. The molecular weight excluding hydrogens is 468 g/mol. The van der Waals surface area contributed by atoms with Crippen molar-refractivity contribution in [2.75, 3.05) is 4.90 Å². The van der Waals surface area contributed by atoms with Crippen LogP contribution in [0.1, 0.15) is 23.0 Å². The number of rotatable bonds is 2. The zero-order valence-corrected chi connectivity index (χ0v) is 19.0. The number of imide groups is 1. The standard InChI is InChI=1S/C23H17ClN2O4S2/c24-9-3-5-10(6-4-9)26-21(27)15-11-8-12(16(15)22(26)28)18-14(11)17(13-2-1-7-30-13)19-20(31-18)25-23(29)32-19/h1-7,11-12,14-18H,8H2,(H,25,29)/t11-,12+,14+,15-,16-,17-,18-/m1/s1. The van der Waals surface area contributed by atoms with Gasteiger partial charge in [0.1, 0.15) is 5.76 Å². The van der Waals surface area contributed by atoms with Gasteiger partial charge in [0.25, 0.3) is 0 Å². The number of nitrogens with one attached hydrogen (secondary N) is 1. The molecule has 2 saturated carbocycles. The molecule has 1 saturated heterocycles. The Morgan fingerprint density at radius 2 is 1.78 bits per heavy atom. The third-order valence-electron chi connectivity index (χ3n) is 7.66. The second-order valence-corrected chi connectivity index (χ2v) is 11.6. The van der Waals surface area contributed by atoms with Crippen molar-refractivity contribution in [3.63, 3.8) is 0 Å². The number of halogens is 1. The second kappa shape index (κ2) is 6.62. The van der Waals surface area contributed by atoms with Crippen molar-refractivity contribution in [1.29, 1.82) is 0 Å². The van der Waals surface area contributed by atoms with Crippen molar-refractivity contribution < 1.29 is 14.0 Å². The summed E-state index contributed by atoms with van der Waals surface area (Å²) in [6, 6.07) is 10.7. The Labute approximate surface area is 195 Å². The fourth-order valence-electron chi connectivity index (χ4n) is 6.65. The molecule has 3 fully saturated rings. The molecule has 7 atom stereocenters. The number of hydrogen-bond donors (Lipinski definition) is 1. The average Bonchev–Trinajstić information content (AvgIpc) is 3.57. The van der Waals surface area contributed by atoms with Crippen molar-refractivity contribution in [2.45, 2.75) is 22.6 Å². The van der Waals surface area contributed by atoms with Crippen LogP contribution in [0.25, 0.3) is 0 Å². The van der Waals surface area contributed by atoms with Gasteiger partial charge in [-0.1, -0.05) is 22.9 Å². The van der Waals surface area contributed by atoms with E-state index >= 15 is 0 Å². The molecule has 0 spiro atoms. The first-order valence-electron chi connectivity index (χ1n) is 10.6. The van der Waals surface area contributed by atoms with Crippen molar-refractivity contribution in [3.8, 4) is 0 Å². The predicted octanol–water partition coefficient (Wildman–Crippen LogP) is 4.36. The number of carbonyl (C=O) groups is 2. The maximum Gasteiger partial charge on any atom is 0.305 e. The topological polar surface area (TPSA) is 83.4 Å². The Balaban J connectivity index is 1.32. The van der Waals surface area contributed by atoms with Crippen molar-refractivity contribution in [2.24, 2.45) is 29.6 Å². The van der Waals surface area contributed by atoms with Gasteiger partial charge in [0, 0.05) is 10.3 Å². The summed E-state index contributed by atoms with van der Waals surface area (Å²) in [5.41, 5.74) is 0.583. The van der Waals surface area contributed by atoms with E-state index in [-0.39, 0.29) is 57.4 Å². The van der Waals surface area contributed by atoms with Gasteiger partial charge < -0.3 is 9.40 Å². The monoisotopic (exact) mass is 484 g/mol. The van der Waals surface area contributed by atoms with E-state index in [1.54, 1.807) is 42.3 Å². The van der Waals surface area contributed by atoms with Gasteiger partial charge in [-0.05, 0) is 60.6 Å². The zero-order valence-electron chi connectivity index (χ0n) is 16.6. The molecule has 2 aliphatic carbocycles. The van der Waals surface area contributed by atoms with Crippen LogP contribution in [-0.4, -0.2) is 22.0 Å². The van der Waals surface area contributed by atoms with Crippen LogP contribution < -0.4 is 9.77 Å². The number of aromatic amines is 1. The normalized spacial score (nSPS) is 34.7. The van der Waals surface area contributed by atoms with Crippen LogP contribution >= 0.6 is 34.7 Å². The van der Waals surface area contributed by atoms with Crippen LogP contribution in [0.5, 0.6) is 0 Å². The molecule has 1 aromatic carbocycles. The number of aromatic nitrogens is 1. The molecule has 6 nitrogen and oxygen atoms in total. The number of carbonyl (C=O) groups excluding carboxylic acids is 2. The predicted molar refractivity (Wildman–Crippen MR) is 121 cm³/mol. The maximum absolute atomic E-state index is 13.6. The molecule has 1 N–H and O–H groups in total. The van der Waals surface area contributed by atoms with Gasteiger partial charge >= 0.3 is 4.87 Å². The molecule has 4 heterocycles. The Morgan fingerprint density at radius 3 is 2.50 bits per heavy atom. The van der Waals surface area contributed by atoms with Crippen molar-refractivity contribution >= 4 is 52.2 Å². The van der Waals surface area contributed by atoms with E-state index in [1.807, 2.05) is 12.1 Å².